The second kappa shape index (κ2) is 49.6. The van der Waals surface area contributed by atoms with Crippen LogP contribution in [0.15, 0.2) is 241 Å². The third-order valence-electron chi connectivity index (χ3n) is 22.5. The second-order valence-corrected chi connectivity index (χ2v) is 36.1. The van der Waals surface area contributed by atoms with E-state index in [1.165, 1.54) is 82.4 Å². The fourth-order valence-electron chi connectivity index (χ4n) is 15.8. The Morgan fingerprint density at radius 2 is 0.761 bits per heavy atom. The molecule has 24 heteroatoms. The summed E-state index contributed by atoms with van der Waals surface area (Å²) in [5, 5.41) is 20.9. The minimum atomic E-state index is 0.0734. The molecule has 0 N–H and O–H groups in total. The summed E-state index contributed by atoms with van der Waals surface area (Å²) >= 11 is 0. The molecule has 7 heterocycles. The Kier molecular flexibility index (Phi) is 36.9. The van der Waals surface area contributed by atoms with Crippen molar-refractivity contribution < 1.29 is 41.6 Å². The van der Waals surface area contributed by atoms with Gasteiger partial charge in [-0.2, -0.15) is 24.9 Å². The van der Waals surface area contributed by atoms with Gasteiger partial charge in [0.2, 0.25) is 40.9 Å². The summed E-state index contributed by atoms with van der Waals surface area (Å²) in [5.74, 6) is 10.8. The van der Waals surface area contributed by atoms with Crippen LogP contribution in [-0.2, 0) is 45.4 Å². The normalized spacial score (nSPS) is 12.4. The van der Waals surface area contributed by atoms with Crippen molar-refractivity contribution in [2.24, 2.45) is 17.8 Å². The van der Waals surface area contributed by atoms with Gasteiger partial charge in [0, 0.05) is 83.1 Å². The molecular weight excluding hydrogens is 1680 g/mol. The zero-order valence-electron chi connectivity index (χ0n) is 81.9. The van der Waals surface area contributed by atoms with Crippen LogP contribution in [0.1, 0.15) is 187 Å². The highest BCUT2D eigenvalue weighted by molar-refractivity contribution is 5.68. The molecule has 6 aromatic heterocycles. The van der Waals surface area contributed by atoms with Gasteiger partial charge in [-0.15, -0.1) is 0 Å². The molecule has 0 aliphatic carbocycles. The molecule has 15 aromatic rings. The summed E-state index contributed by atoms with van der Waals surface area (Å²) in [7, 11) is 12.4. The maximum absolute atomic E-state index is 5.70. The molecule has 2 atom stereocenters. The van der Waals surface area contributed by atoms with Gasteiger partial charge in [0.25, 0.3) is 17.7 Å². The Morgan fingerprint density at radius 3 is 1.25 bits per heavy atom. The van der Waals surface area contributed by atoms with Crippen molar-refractivity contribution in [3.8, 4) is 114 Å². The van der Waals surface area contributed by atoms with Crippen LogP contribution in [0, 0.1) is 31.6 Å². The van der Waals surface area contributed by atoms with Crippen molar-refractivity contribution in [2.75, 3.05) is 81.8 Å². The quantitative estimate of drug-likeness (QED) is 0.0357. The van der Waals surface area contributed by atoms with E-state index in [9.17, 15) is 0 Å². The minimum absolute atomic E-state index is 0.0734. The maximum atomic E-state index is 5.70. The molecule has 0 amide bonds. The highest BCUT2D eigenvalue weighted by atomic mass is 16.5. The van der Waals surface area contributed by atoms with E-state index in [0.717, 1.165) is 101 Å². The predicted molar refractivity (Wildman–Crippen MR) is 532 cm³/mol. The molecule has 134 heavy (non-hydrogen) atoms. The van der Waals surface area contributed by atoms with Crippen LogP contribution in [0.2, 0.25) is 0 Å². The van der Waals surface area contributed by atoms with Crippen molar-refractivity contribution in [1.82, 2.24) is 75.3 Å². The van der Waals surface area contributed by atoms with E-state index in [0.29, 0.717) is 126 Å². The maximum Gasteiger partial charge on any atom is 0.258 e. The van der Waals surface area contributed by atoms with Gasteiger partial charge < -0.3 is 56.3 Å². The first kappa shape index (κ1) is 99.9. The molecule has 702 valence electrons. The molecule has 1 aliphatic rings. The van der Waals surface area contributed by atoms with Crippen LogP contribution in [0.5, 0.6) is 23.0 Å². The summed E-state index contributed by atoms with van der Waals surface area (Å²) < 4.78 is 50.3. The summed E-state index contributed by atoms with van der Waals surface area (Å²) in [4.78, 5) is 36.0. The van der Waals surface area contributed by atoms with Crippen LogP contribution >= 0.6 is 0 Å². The largest absolute Gasteiger partial charge is 0.490 e. The summed E-state index contributed by atoms with van der Waals surface area (Å²) in [6.07, 6.45) is 10.5. The Hall–Kier alpha value is -13.1. The Bertz CT molecular complexity index is 6110. The van der Waals surface area contributed by atoms with Gasteiger partial charge in [-0.3, -0.25) is 9.88 Å². The first-order valence-corrected chi connectivity index (χ1v) is 47.0. The number of aromatic nitrogens is 11. The van der Waals surface area contributed by atoms with Gasteiger partial charge in [-0.25, -0.2) is 0 Å². The lowest BCUT2D eigenvalue weighted by Gasteiger charge is -2.14. The van der Waals surface area contributed by atoms with Crippen LogP contribution in [0.25, 0.3) is 91.3 Å². The van der Waals surface area contributed by atoms with Gasteiger partial charge >= 0.3 is 0 Å². The van der Waals surface area contributed by atoms with E-state index in [1.54, 1.807) is 12.4 Å². The van der Waals surface area contributed by atoms with Crippen LogP contribution < -0.4 is 18.9 Å². The lowest BCUT2D eigenvalue weighted by atomic mass is 9.97. The molecule has 0 radical (unpaired) electrons. The van der Waals surface area contributed by atoms with E-state index in [1.807, 2.05) is 119 Å². The van der Waals surface area contributed by atoms with E-state index in [4.69, 9.17) is 46.5 Å². The number of pyridine rings is 1. The van der Waals surface area contributed by atoms with Crippen molar-refractivity contribution in [3.05, 3.63) is 292 Å². The fraction of sp³-hybridized carbons (Fsp3) is 0.373. The number of rotatable bonds is 35. The Balaban J connectivity index is 0.000000151. The molecule has 16 rings (SSSR count). The number of likely N-dealkylation sites (tertiary alicyclic amines) is 1. The standard InChI is InChI=1S/C25H31N3O.C23H29N3O.2C22H27N3O3.C18H19N3O/c1-18(2)15-20-9-11-22(12-10-20)19(3)25-26-24(27-29-25)23-8-6-7-21(16-23)17-28-13-4-5-14-28;1-16(2)13-18-9-11-20(12-10-18)17(3)23-24-22(25-27-23)21-8-6-7-19(14-21)15-26(4)5;1-6-26-19-11-9-17(13-20(19)27-7-2)22-23-21(24-28-22)18-10-8-16(12-15(18)3)14-25(4)5;1-6-26-19-12-11-16(13-20(19)27-7-2)22-23-21(24-28-22)18-10-8-9-17(15(18)3)14-25(4)5;1-13(2)6-7-14-4-3-5-16(12-14)18-20-17(21-22-18)15-8-10-19-11-9-15/h6-12,16,18-19H,4-5,13-15,17H2,1-3H3;6-12,14,16-17H,13,15H2,1-5H3;2*8-13H,6-7,14H2,1-5H3;3-5,8-13H,6-7H2,1-2H3. The van der Waals surface area contributed by atoms with E-state index in [2.05, 4.69) is 297 Å². The van der Waals surface area contributed by atoms with E-state index < -0.39 is 0 Å². The highest BCUT2D eigenvalue weighted by Gasteiger charge is 2.24. The summed E-state index contributed by atoms with van der Waals surface area (Å²) in [6.45, 7) is 37.9. The summed E-state index contributed by atoms with van der Waals surface area (Å²) in [5.41, 5.74) is 21.2. The van der Waals surface area contributed by atoms with Gasteiger partial charge in [0.05, 0.1) is 38.3 Å². The van der Waals surface area contributed by atoms with Crippen molar-refractivity contribution in [1.29, 1.82) is 0 Å². The molecule has 1 fully saturated rings. The topological polar surface area (TPSA) is 257 Å². The van der Waals surface area contributed by atoms with Crippen LogP contribution in [0.3, 0.4) is 0 Å². The Morgan fingerprint density at radius 1 is 0.351 bits per heavy atom. The third kappa shape index (κ3) is 28.9. The first-order valence-electron chi connectivity index (χ1n) is 47.0. The van der Waals surface area contributed by atoms with Crippen LogP contribution in [-0.4, -0.2) is 157 Å². The molecule has 24 nitrogen and oxygen atoms in total. The van der Waals surface area contributed by atoms with Gasteiger partial charge in [0.1, 0.15) is 0 Å². The van der Waals surface area contributed by atoms with Crippen molar-refractivity contribution >= 4 is 0 Å². The van der Waals surface area contributed by atoms with E-state index in [-0.39, 0.29) is 11.8 Å². The zero-order valence-corrected chi connectivity index (χ0v) is 81.9. The van der Waals surface area contributed by atoms with Gasteiger partial charge in [0.15, 0.2) is 23.0 Å². The average molecular weight is 1810 g/mol. The summed E-state index contributed by atoms with van der Waals surface area (Å²) in [6, 6.07) is 70.2. The average Bonchev–Trinajstić information content (AvgIpc) is 1.63. The van der Waals surface area contributed by atoms with Crippen molar-refractivity contribution in [3.63, 3.8) is 0 Å². The van der Waals surface area contributed by atoms with Gasteiger partial charge in [-0.1, -0.05) is 201 Å². The molecule has 2 unspecified atom stereocenters. The number of hydrogen-bond acceptors (Lipinski definition) is 24. The molecular formula is C110H133N15O9. The highest BCUT2D eigenvalue weighted by Crippen LogP contribution is 2.38. The molecule has 0 saturated carbocycles. The van der Waals surface area contributed by atoms with Gasteiger partial charge in [-0.05, 0) is 301 Å². The zero-order chi connectivity index (χ0) is 95.2. The molecule has 9 aromatic carbocycles. The third-order valence-corrected chi connectivity index (χ3v) is 22.5. The molecule has 0 spiro atoms. The number of ether oxygens (including phenoxy) is 4. The SMILES string of the molecule is CC(C)CCc1cccc(-c2nc(-c3ccncc3)no2)c1.CC(C)Cc1ccc(C(C)c2nc(-c3cccc(CN(C)C)c3)no2)cc1.CC(C)Cc1ccc(C(C)c2nc(-c3cccc(CN4CCCC4)c3)no2)cc1.CCOc1ccc(-c2nc(-c3ccc(CN(C)C)cc3C)no2)cc1OCC.CCOc1ccc(-c2nc(-c3cccc(CN(C)C)c3C)no2)cc1OCC. The number of benzene rings is 9. The van der Waals surface area contributed by atoms with Crippen molar-refractivity contribution in [2.45, 2.75) is 173 Å². The Labute approximate surface area is 791 Å². The predicted octanol–water partition coefficient (Wildman–Crippen LogP) is 24.4. The molecule has 1 aliphatic heterocycles. The molecule has 1 saturated heterocycles. The molecule has 0 bridgehead atoms. The lowest BCUT2D eigenvalue weighted by Crippen LogP contribution is -2.18. The fourth-order valence-corrected chi connectivity index (χ4v) is 15.8. The smallest absolute Gasteiger partial charge is 0.258 e. The van der Waals surface area contributed by atoms with Crippen LogP contribution in [0.4, 0.5) is 0 Å². The number of aryl methyl sites for hydroxylation is 2. The first-order chi connectivity index (χ1) is 64.8. The minimum Gasteiger partial charge on any atom is -0.490 e. The number of hydrogen-bond donors (Lipinski definition) is 0. The number of nitrogens with zero attached hydrogens (tertiary/aromatic N) is 15. The monoisotopic (exact) mass is 1810 g/mol. The lowest BCUT2D eigenvalue weighted by molar-refractivity contribution is 0.288. The second-order valence-electron chi connectivity index (χ2n) is 36.1. The van der Waals surface area contributed by atoms with E-state index >= 15 is 0 Å².